The number of likely N-dealkylation sites (N-methyl/N-ethyl adjacent to an activating group) is 1. The van der Waals surface area contributed by atoms with Gasteiger partial charge in [-0.15, -0.1) is 0 Å². The number of ether oxygens (including phenoxy) is 1. The van der Waals surface area contributed by atoms with E-state index in [4.69, 9.17) is 4.74 Å². The van der Waals surface area contributed by atoms with Crippen molar-refractivity contribution in [2.75, 3.05) is 18.9 Å². The second-order valence-electron chi connectivity index (χ2n) is 18.8. The molecule has 7 amide bonds. The molecule has 4 bridgehead atoms. The molecule has 0 aromatic heterocycles. The maximum atomic E-state index is 15.3. The van der Waals surface area contributed by atoms with Gasteiger partial charge >= 0.3 is 91.9 Å². The van der Waals surface area contributed by atoms with E-state index < -0.39 is 169 Å². The Bertz CT molecular complexity index is 2910. The van der Waals surface area contributed by atoms with Crippen LogP contribution in [-0.2, 0) is 67.1 Å². The number of aliphatic hydroxyl groups excluding tert-OH is 1. The molecule has 0 saturated carbocycles. The van der Waals surface area contributed by atoms with Crippen molar-refractivity contribution < 1.29 is 147 Å². The summed E-state index contributed by atoms with van der Waals surface area (Å²) in [6, 6.07) is -2.24. The van der Waals surface area contributed by atoms with Gasteiger partial charge < -0.3 is 64.8 Å². The summed E-state index contributed by atoms with van der Waals surface area (Å²) in [5.41, 5.74) is -1.04. The molecule has 28 nitrogen and oxygen atoms in total. The quantitative estimate of drug-likeness (QED) is 0.0380. The van der Waals surface area contributed by atoms with Gasteiger partial charge in [0.2, 0.25) is 23.6 Å². The molecule has 79 heavy (non-hydrogen) atoms. The van der Waals surface area contributed by atoms with Crippen LogP contribution in [0.4, 0.5) is 10.5 Å². The van der Waals surface area contributed by atoms with E-state index in [9.17, 15) is 65.2 Å². The topological polar surface area (TPSA) is 414 Å². The molecule has 1 fully saturated rings. The number of hydrogen-bond donors (Lipinski definition) is 8. The molecule has 3 aliphatic rings. The number of aliphatic imine (C=N–C) groups is 2. The average Bonchev–Trinajstić information content (AvgIpc) is 3.35. The number of amides is 7. The van der Waals surface area contributed by atoms with Crippen LogP contribution >= 0.6 is 0 Å². The van der Waals surface area contributed by atoms with E-state index in [1.165, 1.54) is 41.5 Å². The Kier molecular flexibility index (Phi) is 25.2. The van der Waals surface area contributed by atoms with Crippen LogP contribution in [0.1, 0.15) is 78.4 Å². The summed E-state index contributed by atoms with van der Waals surface area (Å²) >= 11 is 0. The van der Waals surface area contributed by atoms with Crippen LogP contribution in [0.3, 0.4) is 0 Å². The molecule has 0 radical (unpaired) electrons. The number of allylic oxidation sites excluding steroid dienone is 1. The Balaban J connectivity index is 0.00000820. The van der Waals surface area contributed by atoms with Crippen LogP contribution in [-0.4, -0.2) is 156 Å². The number of nitrogens with one attached hydrogen (secondary N) is 5. The van der Waals surface area contributed by atoms with E-state index in [0.717, 1.165) is 22.9 Å². The van der Waals surface area contributed by atoms with Crippen molar-refractivity contribution in [1.29, 1.82) is 0 Å². The number of carbonyl (C=O) groups excluding carboxylic acids is 7. The van der Waals surface area contributed by atoms with Crippen molar-refractivity contribution in [3.05, 3.63) is 65.4 Å². The van der Waals surface area contributed by atoms with Crippen molar-refractivity contribution in [1.82, 2.24) is 31.1 Å². The molecule has 0 spiro atoms. The molecule has 0 aliphatic carbocycles. The third-order valence-electron chi connectivity index (χ3n) is 12.4. The molecule has 1 saturated heterocycles. The van der Waals surface area contributed by atoms with E-state index in [2.05, 4.69) is 44.9 Å². The van der Waals surface area contributed by atoms with Gasteiger partial charge in [-0.05, 0) is 74.5 Å². The Morgan fingerprint density at radius 3 is 2.09 bits per heavy atom. The molecule has 422 valence electrons. The van der Waals surface area contributed by atoms with Crippen LogP contribution in [0.5, 0.6) is 11.5 Å². The van der Waals surface area contributed by atoms with Crippen LogP contribution < -0.4 is 104 Å². The predicted molar refractivity (Wildman–Crippen MR) is 267 cm³/mol. The van der Waals surface area contributed by atoms with Crippen molar-refractivity contribution in [2.45, 2.75) is 129 Å². The Hall–Kier alpha value is -5.41. The number of piperidine rings is 1. The smallest absolute Gasteiger partial charge is 0.862 e. The number of urea groups is 1. The van der Waals surface area contributed by atoms with E-state index in [1.54, 1.807) is 30.3 Å². The van der Waals surface area contributed by atoms with Gasteiger partial charge in [-0.25, -0.2) is 9.59 Å². The fourth-order valence-corrected chi connectivity index (χ4v) is 9.08. The first-order chi connectivity index (χ1) is 36.0. The molecule has 2 aromatic rings. The normalized spacial score (nSPS) is 25.3. The SMILES string of the molecule is C/C=C1\NC(=O)[C@H]2NC(=O)[C@@H](N=C([O-])C(C)C)CCCNC(=O)Nc3cc(OS(=O)(=O)O)c(OS(=O)(=O)O)cc3C[C@@H](C(=O)N[C@@H](C(C)C)C(=O)O[C@@H]2C)N(C)C(=O)[C@H](Cc2ccccc2)N2C(=O)[C@H](CC[C@H]2O)N=C1[O-].[Na+].[Na+]. The molecule has 3 heterocycles. The number of rotatable bonds is 9. The van der Waals surface area contributed by atoms with Crippen LogP contribution in [0.2, 0.25) is 0 Å². The molecule has 8 atom stereocenters. The van der Waals surface area contributed by atoms with Crippen LogP contribution in [0, 0.1) is 11.8 Å². The molecule has 2 aromatic carbocycles. The number of benzene rings is 2. The summed E-state index contributed by atoms with van der Waals surface area (Å²) in [5.74, 6) is -12.7. The van der Waals surface area contributed by atoms with Gasteiger partial charge in [0.1, 0.15) is 48.6 Å². The van der Waals surface area contributed by atoms with Crippen molar-refractivity contribution in [3.8, 4) is 11.5 Å². The Morgan fingerprint density at radius 1 is 0.886 bits per heavy atom. The van der Waals surface area contributed by atoms with Gasteiger partial charge in [0.15, 0.2) is 11.5 Å². The fourth-order valence-electron chi connectivity index (χ4n) is 8.37. The molecule has 0 unspecified atom stereocenters. The summed E-state index contributed by atoms with van der Waals surface area (Å²) in [5, 5.41) is 50.8. The summed E-state index contributed by atoms with van der Waals surface area (Å²) in [6.45, 7) is 8.15. The zero-order chi connectivity index (χ0) is 57.3. The third-order valence-corrected chi connectivity index (χ3v) is 13.2. The number of fused-ring (bicyclic) bond motifs is 10. The predicted octanol–water partition coefficient (Wildman–Crippen LogP) is -7.60. The number of esters is 1. The minimum atomic E-state index is -5.58. The van der Waals surface area contributed by atoms with Gasteiger partial charge in [-0.3, -0.25) is 43.1 Å². The number of aliphatic hydroxyl groups is 1. The van der Waals surface area contributed by atoms with Gasteiger partial charge in [-0.1, -0.05) is 64.1 Å². The number of carbonyl (C=O) groups is 7. The maximum absolute atomic E-state index is 15.3. The third kappa shape index (κ3) is 18.8. The first kappa shape index (κ1) is 67.9. The van der Waals surface area contributed by atoms with Gasteiger partial charge in [0, 0.05) is 49.8 Å². The van der Waals surface area contributed by atoms with E-state index in [0.29, 0.717) is 17.7 Å². The number of hydrogen-bond acceptors (Lipinski definition) is 19. The molecule has 8 N–H and O–H groups in total. The standard InChI is InChI=1S/C47H63N9O19S2.2Na/c1-8-28-40(59)51-30-16-17-36(57)56(44(30)63)33(19-26-13-10-9-11-14-26)45(64)55(7)32-20-27-21-34(74-76(67,68)69)35(75-77(70,71)72)22-31(27)52-47(66)48-18-12-15-29(50-39(58)24(4)5)41(60)54-38(43(62)49-28)25(6)73-46(65)37(23(2)3)53-42(32)61;;/h8-11,13-14,21-25,29-30,32-33,36-38,57H,12,15-20H2,1-7H3,(H,49,62)(H,50,58)(H,51,59)(H,53,61)(H,54,60)(H2,48,52,66)(H,67,68,69)(H,70,71,72);;/q;2*+1/p-2/b28-8-;;/t25-,29+,30+,32+,33+,36-,37+,38+;;/m1../s1. The molecule has 3 aliphatic heterocycles. The van der Waals surface area contributed by atoms with Crippen LogP contribution in [0.25, 0.3) is 0 Å². The largest absolute Gasteiger partial charge is 1.00 e. The van der Waals surface area contributed by atoms with Gasteiger partial charge in [0.25, 0.3) is 5.91 Å². The maximum Gasteiger partial charge on any atom is 1.00 e. The molecular weight excluding hydrogens is 1100 g/mol. The molecular formula is C47H61N9Na2O19S2. The number of nitrogens with zero attached hydrogens (tertiary/aromatic N) is 4. The summed E-state index contributed by atoms with van der Waals surface area (Å²) in [6.07, 6.45) is -4.43. The first-order valence-electron chi connectivity index (χ1n) is 24.1. The molecule has 5 rings (SSSR count). The zero-order valence-corrected chi connectivity index (χ0v) is 50.5. The summed E-state index contributed by atoms with van der Waals surface area (Å²) < 4.78 is 82.7. The zero-order valence-electron chi connectivity index (χ0n) is 44.8. The van der Waals surface area contributed by atoms with Crippen LogP contribution in [0.15, 0.2) is 64.2 Å². The number of anilines is 1. The minimum Gasteiger partial charge on any atom is -0.862 e. The Morgan fingerprint density at radius 2 is 1.51 bits per heavy atom. The van der Waals surface area contributed by atoms with Crippen molar-refractivity contribution >= 4 is 79.8 Å². The van der Waals surface area contributed by atoms with Crippen molar-refractivity contribution in [3.63, 3.8) is 0 Å². The average molecular weight is 1170 g/mol. The van der Waals surface area contributed by atoms with Crippen molar-refractivity contribution in [2.24, 2.45) is 21.8 Å². The van der Waals surface area contributed by atoms with Gasteiger partial charge in [0.05, 0.1) is 0 Å². The molecule has 32 heteroatoms. The second-order valence-corrected chi connectivity index (χ2v) is 20.9. The van der Waals surface area contributed by atoms with E-state index in [-0.39, 0.29) is 97.8 Å². The monoisotopic (exact) mass is 1170 g/mol. The minimum absolute atomic E-state index is 0. The Labute approximate surface area is 500 Å². The van der Waals surface area contributed by atoms with E-state index >= 15 is 9.59 Å². The first-order valence-corrected chi connectivity index (χ1v) is 26.9. The summed E-state index contributed by atoms with van der Waals surface area (Å²) in [7, 11) is -10.0. The fraction of sp³-hybridized carbons (Fsp3) is 0.511. The second kappa shape index (κ2) is 29.3. The van der Waals surface area contributed by atoms with E-state index in [1.807, 2.05) is 0 Å². The van der Waals surface area contributed by atoms with Gasteiger partial charge in [-0.2, -0.15) is 16.8 Å². The summed E-state index contributed by atoms with van der Waals surface area (Å²) in [4.78, 5) is 111.